The number of aromatic nitrogens is 1. The Morgan fingerprint density at radius 3 is 3.17 bits per heavy atom. The molecular weight excluding hydrogens is 338 g/mol. The van der Waals surface area contributed by atoms with E-state index in [4.69, 9.17) is 9.84 Å². The minimum atomic E-state index is -1.01. The van der Waals surface area contributed by atoms with Crippen molar-refractivity contribution in [3.8, 4) is 0 Å². The molecule has 1 aromatic heterocycles. The van der Waals surface area contributed by atoms with E-state index in [1.54, 1.807) is 7.11 Å². The number of thiazole rings is 1. The predicted octanol–water partition coefficient (Wildman–Crippen LogP) is 1.16. The van der Waals surface area contributed by atoms with Crippen LogP contribution >= 0.6 is 23.1 Å². The number of nitrogens with zero attached hydrogens (tertiary/aromatic N) is 2. The molecule has 2 N–H and O–H groups in total. The number of methoxy groups -OCH3 is 1. The molecule has 0 radical (unpaired) electrons. The molecule has 2 rings (SSSR count). The van der Waals surface area contributed by atoms with Gasteiger partial charge in [-0.3, -0.25) is 4.79 Å². The van der Waals surface area contributed by atoms with Crippen molar-refractivity contribution >= 4 is 35.0 Å². The highest BCUT2D eigenvalue weighted by Gasteiger charge is 2.30. The molecule has 1 saturated heterocycles. The molecule has 9 heteroatoms. The maximum atomic E-state index is 12.0. The fraction of sp³-hybridized carbons (Fsp3) is 0.643. The van der Waals surface area contributed by atoms with Crippen LogP contribution in [0, 0.1) is 0 Å². The first-order chi connectivity index (χ1) is 11.1. The molecule has 1 aliphatic heterocycles. The topological polar surface area (TPSA) is 91.8 Å². The molecule has 7 nitrogen and oxygen atoms in total. The lowest BCUT2D eigenvalue weighted by Crippen LogP contribution is -2.41. The normalized spacial score (nSPS) is 17.9. The van der Waals surface area contributed by atoms with Crippen LogP contribution in [0.5, 0.6) is 0 Å². The summed E-state index contributed by atoms with van der Waals surface area (Å²) in [5, 5.41) is 13.7. The number of rotatable bonds is 10. The van der Waals surface area contributed by atoms with Crippen molar-refractivity contribution in [2.24, 2.45) is 0 Å². The van der Waals surface area contributed by atoms with E-state index in [0.717, 1.165) is 23.8 Å². The van der Waals surface area contributed by atoms with E-state index in [2.05, 4.69) is 10.3 Å². The summed E-state index contributed by atoms with van der Waals surface area (Å²) in [5.41, 5.74) is 0.0787. The van der Waals surface area contributed by atoms with E-state index in [-0.39, 0.29) is 17.6 Å². The molecule has 1 fully saturated rings. The third kappa shape index (κ3) is 5.45. The lowest BCUT2D eigenvalue weighted by molar-refractivity contribution is -0.128. The fourth-order valence-electron chi connectivity index (χ4n) is 2.41. The highest BCUT2D eigenvalue weighted by atomic mass is 32.2. The number of thioether (sulfide) groups is 1. The van der Waals surface area contributed by atoms with Gasteiger partial charge in [0.2, 0.25) is 5.91 Å². The number of carbonyl (C=O) groups is 2. The molecule has 128 valence electrons. The van der Waals surface area contributed by atoms with Crippen molar-refractivity contribution in [3.05, 3.63) is 11.1 Å². The number of amides is 1. The molecule has 0 aliphatic carbocycles. The monoisotopic (exact) mass is 359 g/mol. The summed E-state index contributed by atoms with van der Waals surface area (Å²) >= 11 is 2.81. The smallest absolute Gasteiger partial charge is 0.355 e. The Labute approximate surface area is 143 Å². The number of hydrogen-bond acceptors (Lipinski definition) is 7. The Balaban J connectivity index is 1.75. The highest BCUT2D eigenvalue weighted by Crippen LogP contribution is 2.24. The Kier molecular flexibility index (Phi) is 7.28. The van der Waals surface area contributed by atoms with Gasteiger partial charge in [0, 0.05) is 50.3 Å². The quantitative estimate of drug-likeness (QED) is 0.478. The van der Waals surface area contributed by atoms with Crippen molar-refractivity contribution < 1.29 is 19.4 Å². The van der Waals surface area contributed by atoms with Gasteiger partial charge in [0.15, 0.2) is 10.0 Å². The number of hydrogen-bond donors (Lipinski definition) is 2. The Bertz CT molecular complexity index is 538. The summed E-state index contributed by atoms with van der Waals surface area (Å²) in [7, 11) is 1.67. The second-order valence-corrected chi connectivity index (χ2v) is 7.33. The summed E-state index contributed by atoms with van der Waals surface area (Å²) < 4.78 is 5.72. The van der Waals surface area contributed by atoms with Gasteiger partial charge in [-0.2, -0.15) is 0 Å². The van der Waals surface area contributed by atoms with Crippen molar-refractivity contribution in [2.45, 2.75) is 23.2 Å². The van der Waals surface area contributed by atoms with Crippen LogP contribution in [-0.4, -0.2) is 72.0 Å². The first-order valence-electron chi connectivity index (χ1n) is 7.42. The van der Waals surface area contributed by atoms with E-state index in [1.165, 1.54) is 28.5 Å². The average Bonchev–Trinajstić information content (AvgIpc) is 3.13. The van der Waals surface area contributed by atoms with Crippen molar-refractivity contribution in [1.29, 1.82) is 0 Å². The van der Waals surface area contributed by atoms with Gasteiger partial charge in [0.25, 0.3) is 0 Å². The SMILES string of the molecule is COCCNCC1CCC(=O)N1CCSc1nc(C(=O)O)cs1. The van der Waals surface area contributed by atoms with Gasteiger partial charge in [-0.1, -0.05) is 11.8 Å². The van der Waals surface area contributed by atoms with Crippen molar-refractivity contribution in [3.63, 3.8) is 0 Å². The number of carboxylic acids is 1. The van der Waals surface area contributed by atoms with Gasteiger partial charge >= 0.3 is 5.97 Å². The number of ether oxygens (including phenoxy) is 1. The molecular formula is C14H21N3O4S2. The van der Waals surface area contributed by atoms with Crippen LogP contribution in [0.15, 0.2) is 9.72 Å². The third-order valence-electron chi connectivity index (χ3n) is 3.58. The molecule has 23 heavy (non-hydrogen) atoms. The average molecular weight is 359 g/mol. The Morgan fingerprint density at radius 1 is 1.65 bits per heavy atom. The van der Waals surface area contributed by atoms with Crippen LogP contribution in [0.1, 0.15) is 23.3 Å². The number of carboxylic acid groups (broad SMARTS) is 1. The molecule has 1 aromatic rings. The van der Waals surface area contributed by atoms with E-state index >= 15 is 0 Å². The van der Waals surface area contributed by atoms with E-state index in [0.29, 0.717) is 25.3 Å². The summed E-state index contributed by atoms with van der Waals surface area (Å²) in [5.74, 6) is -0.105. The largest absolute Gasteiger partial charge is 0.476 e. The van der Waals surface area contributed by atoms with Crippen molar-refractivity contribution in [1.82, 2.24) is 15.2 Å². The summed E-state index contributed by atoms with van der Waals surface area (Å²) in [4.78, 5) is 28.7. The molecule has 1 unspecified atom stereocenters. The van der Waals surface area contributed by atoms with Gasteiger partial charge in [-0.05, 0) is 6.42 Å². The molecule has 1 amide bonds. The molecule has 2 heterocycles. The summed E-state index contributed by atoms with van der Waals surface area (Å²) in [6, 6.07) is 0.228. The van der Waals surface area contributed by atoms with Crippen LogP contribution in [0.3, 0.4) is 0 Å². The zero-order valence-corrected chi connectivity index (χ0v) is 14.6. The first-order valence-corrected chi connectivity index (χ1v) is 9.29. The minimum absolute atomic E-state index is 0.0787. The Morgan fingerprint density at radius 2 is 2.48 bits per heavy atom. The number of aromatic carboxylic acids is 1. The lowest BCUT2D eigenvalue weighted by Gasteiger charge is -2.24. The first kappa shape index (κ1) is 18.2. The van der Waals surface area contributed by atoms with Crippen LogP contribution in [0.4, 0.5) is 0 Å². The van der Waals surface area contributed by atoms with Gasteiger partial charge in [0.05, 0.1) is 6.61 Å². The fourth-order valence-corrected chi connectivity index (χ4v) is 4.22. The molecule has 0 aromatic carbocycles. The van der Waals surface area contributed by atoms with Gasteiger partial charge in [0.1, 0.15) is 0 Å². The molecule has 0 saturated carbocycles. The highest BCUT2D eigenvalue weighted by molar-refractivity contribution is 8.01. The number of likely N-dealkylation sites (tertiary alicyclic amines) is 1. The third-order valence-corrected chi connectivity index (χ3v) is 5.58. The molecule has 1 aliphatic rings. The lowest BCUT2D eigenvalue weighted by atomic mass is 10.2. The summed E-state index contributed by atoms with van der Waals surface area (Å²) in [6.07, 6.45) is 1.48. The minimum Gasteiger partial charge on any atom is -0.476 e. The second kappa shape index (κ2) is 9.21. The number of nitrogens with one attached hydrogen (secondary N) is 1. The second-order valence-electron chi connectivity index (χ2n) is 5.13. The Hall–Kier alpha value is -1.16. The van der Waals surface area contributed by atoms with E-state index in [1.807, 2.05) is 4.90 Å². The van der Waals surface area contributed by atoms with Gasteiger partial charge in [-0.25, -0.2) is 9.78 Å². The van der Waals surface area contributed by atoms with Crippen LogP contribution in [0.2, 0.25) is 0 Å². The zero-order valence-electron chi connectivity index (χ0n) is 13.0. The van der Waals surface area contributed by atoms with Gasteiger partial charge < -0.3 is 20.1 Å². The van der Waals surface area contributed by atoms with Crippen LogP contribution in [-0.2, 0) is 9.53 Å². The van der Waals surface area contributed by atoms with Gasteiger partial charge in [-0.15, -0.1) is 11.3 Å². The van der Waals surface area contributed by atoms with Crippen molar-refractivity contribution in [2.75, 3.05) is 39.1 Å². The maximum absolute atomic E-state index is 12.0. The predicted molar refractivity (Wildman–Crippen MR) is 89.3 cm³/mol. The van der Waals surface area contributed by atoms with Crippen LogP contribution < -0.4 is 5.32 Å². The molecule has 1 atom stereocenters. The maximum Gasteiger partial charge on any atom is 0.355 e. The standard InChI is InChI=1S/C14H21N3O4S2/c1-21-6-4-15-8-10-2-3-12(18)17(10)5-7-22-14-16-11(9-23-14)13(19)20/h9-10,15H,2-8H2,1H3,(H,19,20). The summed E-state index contributed by atoms with van der Waals surface area (Å²) in [6.45, 7) is 2.87. The molecule has 0 bridgehead atoms. The van der Waals surface area contributed by atoms with E-state index in [9.17, 15) is 9.59 Å². The molecule has 0 spiro atoms. The zero-order chi connectivity index (χ0) is 16.7. The van der Waals surface area contributed by atoms with Crippen LogP contribution in [0.25, 0.3) is 0 Å². The number of carbonyl (C=O) groups excluding carboxylic acids is 1. The van der Waals surface area contributed by atoms with E-state index < -0.39 is 5.97 Å².